The lowest BCUT2D eigenvalue weighted by atomic mass is 9.44. The molecule has 0 unspecified atom stereocenters. The fourth-order valence-corrected chi connectivity index (χ4v) is 10.3. The average molecular weight is 667 g/mol. The third kappa shape index (κ3) is 4.09. The number of rotatable bonds is 7. The van der Waals surface area contributed by atoms with E-state index in [1.165, 1.54) is 33.5 Å². The highest BCUT2D eigenvalue weighted by Gasteiger charge is 2.90. The molecule has 1 aliphatic heterocycles. The first-order valence-corrected chi connectivity index (χ1v) is 16.2. The van der Waals surface area contributed by atoms with Crippen molar-refractivity contribution < 1.29 is 57.2 Å². The molecule has 0 saturated heterocycles. The minimum Gasteiger partial charge on any atom is -0.502 e. The minimum atomic E-state index is -1.82. The predicted molar refractivity (Wildman–Crippen MR) is 165 cm³/mol. The molecule has 0 spiro atoms. The summed E-state index contributed by atoms with van der Waals surface area (Å²) in [7, 11) is 1.28. The SMILES string of the molecule is C/C=C(\C)C(=O)O[C@H]1[C@]2(C)C[C@@]3(OC(C)=O)[C@]1(OC(C)=O)CC1=C(CC[C@]4(C)C1=C(O)C(=O)O[C@H]4c1ccoc1)[C@@]3(C)[C@H]2CC(=O)OC. The summed E-state index contributed by atoms with van der Waals surface area (Å²) in [5.74, 6) is -4.75. The van der Waals surface area contributed by atoms with Crippen LogP contribution >= 0.6 is 0 Å². The van der Waals surface area contributed by atoms with Crippen molar-refractivity contribution >= 4 is 29.8 Å². The van der Waals surface area contributed by atoms with Crippen LogP contribution in [0.5, 0.6) is 0 Å². The van der Waals surface area contributed by atoms with Crippen molar-refractivity contribution in [3.8, 4) is 0 Å². The van der Waals surface area contributed by atoms with Crippen LogP contribution in [0, 0.1) is 22.2 Å². The Morgan fingerprint density at radius 1 is 1.08 bits per heavy atom. The molecule has 1 aromatic rings. The highest BCUT2D eigenvalue weighted by Crippen LogP contribution is 2.81. The van der Waals surface area contributed by atoms with Crippen LogP contribution in [0.3, 0.4) is 0 Å². The van der Waals surface area contributed by atoms with Crippen LogP contribution in [0.15, 0.2) is 57.1 Å². The summed E-state index contributed by atoms with van der Waals surface area (Å²) < 4.78 is 35.4. The molecule has 1 N–H and O–H groups in total. The van der Waals surface area contributed by atoms with Gasteiger partial charge in [0, 0.05) is 66.1 Å². The third-order valence-corrected chi connectivity index (χ3v) is 12.2. The van der Waals surface area contributed by atoms with Gasteiger partial charge in [0.05, 0.1) is 19.6 Å². The molecule has 8 atom stereocenters. The summed E-state index contributed by atoms with van der Waals surface area (Å²) in [6, 6.07) is 1.70. The molecule has 1 aromatic heterocycles. The van der Waals surface area contributed by atoms with E-state index in [-0.39, 0.29) is 19.3 Å². The largest absolute Gasteiger partial charge is 0.502 e. The van der Waals surface area contributed by atoms with E-state index in [4.69, 9.17) is 28.1 Å². The Morgan fingerprint density at radius 3 is 2.35 bits per heavy atom. The molecule has 6 rings (SSSR count). The second kappa shape index (κ2) is 10.8. The van der Waals surface area contributed by atoms with Gasteiger partial charge in [-0.05, 0) is 44.2 Å². The summed E-state index contributed by atoms with van der Waals surface area (Å²) in [5, 5.41) is 11.6. The lowest BCUT2D eigenvalue weighted by Crippen LogP contribution is -2.75. The zero-order valence-electron chi connectivity index (χ0n) is 28.5. The number of ether oxygens (including phenoxy) is 5. The highest BCUT2D eigenvalue weighted by atomic mass is 16.6. The first-order valence-electron chi connectivity index (χ1n) is 16.2. The summed E-state index contributed by atoms with van der Waals surface area (Å²) in [4.78, 5) is 66.5. The van der Waals surface area contributed by atoms with Gasteiger partial charge in [0.15, 0.2) is 17.3 Å². The van der Waals surface area contributed by atoms with E-state index in [1.54, 1.807) is 26.0 Å². The van der Waals surface area contributed by atoms with Crippen molar-refractivity contribution in [1.29, 1.82) is 0 Å². The molecule has 0 radical (unpaired) electrons. The maximum Gasteiger partial charge on any atom is 0.374 e. The van der Waals surface area contributed by atoms with Gasteiger partial charge in [0.1, 0.15) is 6.10 Å². The van der Waals surface area contributed by atoms with Crippen LogP contribution in [0.25, 0.3) is 0 Å². The maximum absolute atomic E-state index is 13.6. The number of furan rings is 1. The number of fused-ring (bicyclic) bond motifs is 4. The Labute approximate surface area is 278 Å². The Balaban J connectivity index is 1.70. The predicted octanol–water partition coefficient (Wildman–Crippen LogP) is 5.28. The number of carbonyl (C=O) groups excluding carboxylic acids is 5. The second-order valence-corrected chi connectivity index (χ2v) is 14.5. The minimum absolute atomic E-state index is 0.0939. The van der Waals surface area contributed by atoms with E-state index >= 15 is 0 Å². The fourth-order valence-electron chi connectivity index (χ4n) is 10.3. The van der Waals surface area contributed by atoms with E-state index in [1.807, 2.05) is 20.8 Å². The second-order valence-electron chi connectivity index (χ2n) is 14.5. The van der Waals surface area contributed by atoms with Crippen molar-refractivity contribution in [3.05, 3.63) is 58.3 Å². The van der Waals surface area contributed by atoms with E-state index in [2.05, 4.69) is 0 Å². The summed E-state index contributed by atoms with van der Waals surface area (Å²) in [5.41, 5.74) is -4.20. The topological polar surface area (TPSA) is 165 Å². The zero-order valence-corrected chi connectivity index (χ0v) is 28.5. The van der Waals surface area contributed by atoms with E-state index in [0.29, 0.717) is 35.1 Å². The van der Waals surface area contributed by atoms with Gasteiger partial charge in [-0.15, -0.1) is 0 Å². The van der Waals surface area contributed by atoms with Crippen LogP contribution in [-0.4, -0.2) is 59.4 Å². The zero-order chi connectivity index (χ0) is 35.2. The maximum atomic E-state index is 13.6. The van der Waals surface area contributed by atoms with Crippen molar-refractivity contribution in [2.24, 2.45) is 22.2 Å². The third-order valence-electron chi connectivity index (χ3n) is 12.2. The van der Waals surface area contributed by atoms with E-state index in [9.17, 15) is 29.1 Å². The fraction of sp³-hybridized carbons (Fsp3) is 0.583. The number of methoxy groups -OCH3 is 1. The molecule has 48 heavy (non-hydrogen) atoms. The van der Waals surface area contributed by atoms with Gasteiger partial charge < -0.3 is 33.2 Å². The van der Waals surface area contributed by atoms with Crippen LogP contribution in [-0.2, 0) is 47.7 Å². The number of aliphatic hydroxyl groups is 1. The number of esters is 5. The number of hydrogen-bond donors (Lipinski definition) is 1. The Bertz CT molecular complexity index is 1710. The average Bonchev–Trinajstić information content (AvgIpc) is 3.66. The van der Waals surface area contributed by atoms with Crippen LogP contribution in [0.1, 0.15) is 92.2 Å². The molecule has 2 fully saturated rings. The monoisotopic (exact) mass is 666 g/mol. The smallest absolute Gasteiger partial charge is 0.374 e. The molecule has 2 saturated carbocycles. The van der Waals surface area contributed by atoms with Crippen LogP contribution < -0.4 is 0 Å². The lowest BCUT2D eigenvalue weighted by molar-refractivity contribution is -0.276. The molecule has 12 nitrogen and oxygen atoms in total. The molecule has 5 aliphatic rings. The number of cyclic esters (lactones) is 1. The van der Waals surface area contributed by atoms with Crippen LogP contribution in [0.2, 0.25) is 0 Å². The number of hydrogen-bond acceptors (Lipinski definition) is 12. The Hall–Kier alpha value is -4.35. The Morgan fingerprint density at radius 2 is 1.77 bits per heavy atom. The molecule has 0 aromatic carbocycles. The molecular formula is C36H42O12. The number of carbonyl (C=O) groups is 5. The van der Waals surface area contributed by atoms with E-state index < -0.39 is 81.2 Å². The van der Waals surface area contributed by atoms with Crippen molar-refractivity contribution in [2.45, 2.75) is 104 Å². The molecule has 0 amide bonds. The molecule has 12 heteroatoms. The first-order chi connectivity index (χ1) is 22.5. The summed E-state index contributed by atoms with van der Waals surface area (Å²) in [6.45, 7) is 11.4. The quantitative estimate of drug-likeness (QED) is 0.228. The Kier molecular flexibility index (Phi) is 7.57. The van der Waals surface area contributed by atoms with Gasteiger partial charge in [0.25, 0.3) is 0 Å². The van der Waals surface area contributed by atoms with Gasteiger partial charge in [-0.25, -0.2) is 9.59 Å². The van der Waals surface area contributed by atoms with Crippen LogP contribution in [0.4, 0.5) is 0 Å². The molecule has 4 aliphatic carbocycles. The van der Waals surface area contributed by atoms with Gasteiger partial charge in [-0.2, -0.15) is 0 Å². The van der Waals surface area contributed by atoms with Gasteiger partial charge in [-0.1, -0.05) is 32.4 Å². The summed E-state index contributed by atoms with van der Waals surface area (Å²) >= 11 is 0. The van der Waals surface area contributed by atoms with Crippen molar-refractivity contribution in [2.75, 3.05) is 7.11 Å². The molecular weight excluding hydrogens is 624 g/mol. The van der Waals surface area contributed by atoms with E-state index in [0.717, 1.165) is 5.57 Å². The van der Waals surface area contributed by atoms with Crippen molar-refractivity contribution in [3.63, 3.8) is 0 Å². The highest BCUT2D eigenvalue weighted by molar-refractivity contribution is 5.90. The molecule has 258 valence electrons. The van der Waals surface area contributed by atoms with Crippen molar-refractivity contribution in [1.82, 2.24) is 0 Å². The molecule has 2 heterocycles. The lowest BCUT2D eigenvalue weighted by Gasteiger charge is -2.65. The normalized spacial score (nSPS) is 38.1. The standard InChI is InChI=1S/C36H42O12/c1-9-18(2)29(41)46-31-33(6)17-36(48-20(4)38)34(7,24(33)14-25(39)43-8)23-10-12-32(5)26(22(23)15-35(31,36)47-19(3)37)27(40)30(42)45-28(32)21-11-13-44-16-21/h9,11,13,16,24,28,31,40H,10,12,14-15,17H2,1-8H3/b18-9+/t24-,28-,31-,32+,33+,34-,35-,36-/m0/s1. The summed E-state index contributed by atoms with van der Waals surface area (Å²) in [6.07, 6.45) is 3.11. The van der Waals surface area contributed by atoms with Gasteiger partial charge in [-0.3, -0.25) is 14.4 Å². The first kappa shape index (κ1) is 33.5. The van der Waals surface area contributed by atoms with Gasteiger partial charge in [0.2, 0.25) is 5.76 Å². The number of allylic oxidation sites excluding steroid dienone is 1. The molecule has 2 bridgehead atoms. The number of aliphatic hydroxyl groups excluding tert-OH is 1. The van der Waals surface area contributed by atoms with Gasteiger partial charge >= 0.3 is 29.8 Å².